The van der Waals surface area contributed by atoms with Gasteiger partial charge in [0, 0.05) is 24.9 Å². The first-order valence-corrected chi connectivity index (χ1v) is 7.97. The molecule has 0 aliphatic carbocycles. The lowest BCUT2D eigenvalue weighted by molar-refractivity contribution is -0.144. The predicted molar refractivity (Wildman–Crippen MR) is 85.0 cm³/mol. The molecule has 4 rings (SSSR count). The molecule has 0 unspecified atom stereocenters. The molecule has 2 aromatic heterocycles. The second kappa shape index (κ2) is 5.68. The largest absolute Gasteiger partial charge is 0.451 e. The highest BCUT2D eigenvalue weighted by molar-refractivity contribution is 5.89. The monoisotopic (exact) mass is 348 g/mol. The first-order valence-electron chi connectivity index (χ1n) is 7.97. The Labute approximate surface area is 141 Å². The highest BCUT2D eigenvalue weighted by Crippen LogP contribution is 2.32. The summed E-state index contributed by atoms with van der Waals surface area (Å²) < 4.78 is 41.6. The number of aryl methyl sites for hydroxylation is 1. The van der Waals surface area contributed by atoms with Crippen molar-refractivity contribution >= 4 is 16.7 Å². The molecule has 25 heavy (non-hydrogen) atoms. The van der Waals surface area contributed by atoms with Gasteiger partial charge in [0.2, 0.25) is 5.82 Å². The van der Waals surface area contributed by atoms with E-state index in [1.165, 1.54) is 0 Å². The van der Waals surface area contributed by atoms with Crippen LogP contribution in [-0.2, 0) is 25.7 Å². The summed E-state index contributed by atoms with van der Waals surface area (Å²) in [6, 6.07) is 6.74. The Morgan fingerprint density at radius 1 is 1.08 bits per heavy atom. The van der Waals surface area contributed by atoms with Crippen LogP contribution in [-0.4, -0.2) is 31.3 Å². The Morgan fingerprint density at radius 2 is 1.88 bits per heavy atom. The molecule has 0 radical (unpaired) electrons. The molecule has 0 spiro atoms. The van der Waals surface area contributed by atoms with Gasteiger partial charge in [-0.15, -0.1) is 10.2 Å². The minimum atomic E-state index is -4.59. The summed E-state index contributed by atoms with van der Waals surface area (Å²) in [5.74, 6) is 0.783. The number of aromatic nitrogens is 5. The Kier molecular flexibility index (Phi) is 3.59. The summed E-state index contributed by atoms with van der Waals surface area (Å²) in [5.41, 5.74) is 0.279. The molecule has 3 aromatic rings. The molecular formula is C16H15F3N6. The van der Waals surface area contributed by atoms with Gasteiger partial charge in [-0.25, -0.2) is 9.97 Å². The first-order chi connectivity index (χ1) is 12.0. The zero-order chi connectivity index (χ0) is 17.6. The molecule has 130 valence electrons. The van der Waals surface area contributed by atoms with Gasteiger partial charge in [-0.2, -0.15) is 13.2 Å². The second-order valence-electron chi connectivity index (χ2n) is 5.84. The fourth-order valence-electron chi connectivity index (χ4n) is 3.09. The van der Waals surface area contributed by atoms with Crippen molar-refractivity contribution in [2.45, 2.75) is 32.6 Å². The summed E-state index contributed by atoms with van der Waals surface area (Å²) in [7, 11) is 0. The fourth-order valence-corrected chi connectivity index (χ4v) is 3.09. The predicted octanol–water partition coefficient (Wildman–Crippen LogP) is 2.82. The third-order valence-corrected chi connectivity index (χ3v) is 4.28. The van der Waals surface area contributed by atoms with E-state index in [9.17, 15) is 13.2 Å². The average molecular weight is 348 g/mol. The summed E-state index contributed by atoms with van der Waals surface area (Å²) in [5, 5.41) is 8.89. The zero-order valence-electron chi connectivity index (χ0n) is 13.5. The molecule has 0 N–H and O–H groups in total. The van der Waals surface area contributed by atoms with Crippen LogP contribution in [0.2, 0.25) is 0 Å². The Balaban J connectivity index is 1.81. The minimum Gasteiger partial charge on any atom is -0.347 e. The Bertz CT molecular complexity index is 933. The van der Waals surface area contributed by atoms with Gasteiger partial charge in [-0.1, -0.05) is 19.1 Å². The summed E-state index contributed by atoms with van der Waals surface area (Å²) in [6.07, 6.45) is -3.83. The highest BCUT2D eigenvalue weighted by atomic mass is 19.4. The van der Waals surface area contributed by atoms with Crippen LogP contribution in [0.25, 0.3) is 10.9 Å². The van der Waals surface area contributed by atoms with Crippen molar-refractivity contribution in [3.8, 4) is 0 Å². The lowest BCUT2D eigenvalue weighted by atomic mass is 10.2. The molecule has 0 fully saturated rings. The van der Waals surface area contributed by atoms with E-state index < -0.39 is 12.0 Å². The van der Waals surface area contributed by atoms with Crippen molar-refractivity contribution in [3.63, 3.8) is 0 Å². The van der Waals surface area contributed by atoms with Gasteiger partial charge >= 0.3 is 6.18 Å². The van der Waals surface area contributed by atoms with Crippen LogP contribution >= 0.6 is 0 Å². The van der Waals surface area contributed by atoms with E-state index in [1.807, 2.05) is 16.4 Å². The second-order valence-corrected chi connectivity index (χ2v) is 5.84. The molecule has 0 bridgehead atoms. The van der Waals surface area contributed by atoms with Crippen LogP contribution in [0.3, 0.4) is 0 Å². The smallest absolute Gasteiger partial charge is 0.347 e. The maximum atomic E-state index is 13.2. The van der Waals surface area contributed by atoms with Crippen molar-refractivity contribution in [2.75, 3.05) is 11.4 Å². The van der Waals surface area contributed by atoms with Crippen molar-refractivity contribution in [3.05, 3.63) is 41.7 Å². The number of hydrogen-bond donors (Lipinski definition) is 0. The maximum Gasteiger partial charge on any atom is 0.451 e. The lowest BCUT2D eigenvalue weighted by Crippen LogP contribution is -2.35. The quantitative estimate of drug-likeness (QED) is 0.713. The van der Waals surface area contributed by atoms with Crippen LogP contribution in [0, 0.1) is 0 Å². The van der Waals surface area contributed by atoms with E-state index in [2.05, 4.69) is 20.2 Å². The molecule has 0 saturated carbocycles. The first kappa shape index (κ1) is 15.8. The molecule has 9 heteroatoms. The van der Waals surface area contributed by atoms with Gasteiger partial charge in [0.25, 0.3) is 0 Å². The number of hydrogen-bond acceptors (Lipinski definition) is 5. The maximum absolute atomic E-state index is 13.2. The van der Waals surface area contributed by atoms with Crippen molar-refractivity contribution in [1.82, 2.24) is 24.7 Å². The molecule has 1 aliphatic rings. The van der Waals surface area contributed by atoms with E-state index in [0.717, 1.165) is 18.1 Å². The molecule has 6 nitrogen and oxygen atoms in total. The van der Waals surface area contributed by atoms with E-state index >= 15 is 0 Å². The molecule has 1 aromatic carbocycles. The van der Waals surface area contributed by atoms with Gasteiger partial charge in [-0.3, -0.25) is 0 Å². The number of nitrogens with zero attached hydrogens (tertiary/aromatic N) is 6. The van der Waals surface area contributed by atoms with Gasteiger partial charge < -0.3 is 9.47 Å². The van der Waals surface area contributed by atoms with E-state index in [1.54, 1.807) is 24.3 Å². The third kappa shape index (κ3) is 2.69. The number of benzene rings is 1. The number of fused-ring (bicyclic) bond motifs is 2. The van der Waals surface area contributed by atoms with Crippen LogP contribution in [0.4, 0.5) is 19.0 Å². The third-order valence-electron chi connectivity index (χ3n) is 4.28. The van der Waals surface area contributed by atoms with Crippen LogP contribution < -0.4 is 4.90 Å². The number of halogens is 3. The van der Waals surface area contributed by atoms with Crippen molar-refractivity contribution < 1.29 is 13.2 Å². The Morgan fingerprint density at radius 3 is 2.64 bits per heavy atom. The highest BCUT2D eigenvalue weighted by Gasteiger charge is 2.36. The Hall–Kier alpha value is -2.71. The molecule has 0 amide bonds. The number of alkyl halides is 3. The van der Waals surface area contributed by atoms with Crippen molar-refractivity contribution in [2.24, 2.45) is 0 Å². The van der Waals surface area contributed by atoms with Crippen LogP contribution in [0.1, 0.15) is 24.4 Å². The topological polar surface area (TPSA) is 59.7 Å². The van der Waals surface area contributed by atoms with Crippen molar-refractivity contribution in [1.29, 1.82) is 0 Å². The normalized spacial score (nSPS) is 14.8. The molecule has 0 saturated heterocycles. The summed E-state index contributed by atoms with van der Waals surface area (Å²) in [6.45, 7) is 3.52. The lowest BCUT2D eigenvalue weighted by Gasteiger charge is -2.29. The fraction of sp³-hybridized carbons (Fsp3) is 0.375. The van der Waals surface area contributed by atoms with Crippen LogP contribution in [0.5, 0.6) is 0 Å². The SMILES string of the molecule is CCc1nnc2n1CCN(c1nc(C(F)(F)F)nc3ccccc13)C2. The van der Waals surface area contributed by atoms with Gasteiger partial charge in [0.1, 0.15) is 11.6 Å². The number of rotatable bonds is 2. The molecule has 1 aliphatic heterocycles. The minimum absolute atomic E-state index is 0.279. The summed E-state index contributed by atoms with van der Waals surface area (Å²) in [4.78, 5) is 9.30. The standard InChI is InChI=1S/C16H15F3N6/c1-2-12-22-23-13-9-24(7-8-25(12)13)14-10-5-3-4-6-11(10)20-15(21-14)16(17,18)19/h3-6H,2,7-9H2,1H3. The zero-order valence-corrected chi connectivity index (χ0v) is 13.5. The molecule has 3 heterocycles. The molecule has 0 atom stereocenters. The van der Waals surface area contributed by atoms with Gasteiger partial charge in [0.15, 0.2) is 5.82 Å². The van der Waals surface area contributed by atoms with Gasteiger partial charge in [0.05, 0.1) is 12.1 Å². The summed E-state index contributed by atoms with van der Waals surface area (Å²) >= 11 is 0. The van der Waals surface area contributed by atoms with E-state index in [4.69, 9.17) is 0 Å². The number of anilines is 1. The molecular weight excluding hydrogens is 333 g/mol. The number of para-hydroxylation sites is 1. The van der Waals surface area contributed by atoms with E-state index in [-0.39, 0.29) is 11.3 Å². The van der Waals surface area contributed by atoms with Crippen LogP contribution in [0.15, 0.2) is 24.3 Å². The average Bonchev–Trinajstić information content (AvgIpc) is 3.02. The van der Waals surface area contributed by atoms with Gasteiger partial charge in [-0.05, 0) is 12.1 Å². The van der Waals surface area contributed by atoms with E-state index in [0.29, 0.717) is 25.0 Å².